The predicted molar refractivity (Wildman–Crippen MR) is 49.9 cm³/mol. The number of halogens is 1. The van der Waals surface area contributed by atoms with Crippen LogP contribution in [-0.2, 0) is 13.5 Å². The van der Waals surface area contributed by atoms with Crippen LogP contribution < -0.4 is 0 Å². The van der Waals surface area contributed by atoms with Crippen molar-refractivity contribution >= 4 is 15.9 Å². The van der Waals surface area contributed by atoms with Gasteiger partial charge < -0.3 is 4.57 Å². The van der Waals surface area contributed by atoms with E-state index >= 15 is 0 Å². The lowest BCUT2D eigenvalue weighted by molar-refractivity contribution is 0.652. The lowest BCUT2D eigenvalue weighted by Crippen LogP contribution is -2.00. The Labute approximate surface area is 75.8 Å². The first-order chi connectivity index (χ1) is 5.22. The van der Waals surface area contributed by atoms with Crippen LogP contribution in [0.5, 0.6) is 0 Å². The van der Waals surface area contributed by atoms with Gasteiger partial charge in [0.15, 0.2) is 0 Å². The van der Waals surface area contributed by atoms with Crippen LogP contribution in [0, 0.1) is 5.92 Å². The molecule has 1 aromatic rings. The number of nitrogens with zero attached hydrogens (tertiary/aromatic N) is 2. The Morgan fingerprint density at radius 3 is 2.91 bits per heavy atom. The topological polar surface area (TPSA) is 17.8 Å². The fraction of sp³-hybridized carbons (Fsp3) is 0.625. The molecule has 3 heteroatoms. The van der Waals surface area contributed by atoms with Gasteiger partial charge >= 0.3 is 0 Å². The van der Waals surface area contributed by atoms with Gasteiger partial charge in [0, 0.05) is 18.6 Å². The predicted octanol–water partition coefficient (Wildman–Crippen LogP) is 1.99. The first kappa shape index (κ1) is 8.78. The molecule has 0 amide bonds. The van der Waals surface area contributed by atoms with Crippen LogP contribution in [0.4, 0.5) is 0 Å². The second kappa shape index (κ2) is 3.90. The molecule has 0 aromatic carbocycles. The summed E-state index contributed by atoms with van der Waals surface area (Å²) in [6.45, 7) is 2.21. The molecule has 1 heterocycles. The zero-order chi connectivity index (χ0) is 8.27. The third-order valence-electron chi connectivity index (χ3n) is 1.58. The highest BCUT2D eigenvalue weighted by Crippen LogP contribution is 2.07. The van der Waals surface area contributed by atoms with Crippen LogP contribution in [0.2, 0.25) is 0 Å². The standard InChI is InChI=1S/C8H13BrN2/c1-7(4-9)3-8-5-11(2)6-10-8/h5-7H,3-4H2,1-2H3. The average molecular weight is 217 g/mol. The van der Waals surface area contributed by atoms with Crippen LogP contribution in [-0.4, -0.2) is 14.9 Å². The highest BCUT2D eigenvalue weighted by molar-refractivity contribution is 9.09. The minimum Gasteiger partial charge on any atom is -0.340 e. The van der Waals surface area contributed by atoms with Crippen molar-refractivity contribution in [3.8, 4) is 0 Å². The molecule has 11 heavy (non-hydrogen) atoms. The number of aromatic nitrogens is 2. The first-order valence-corrected chi connectivity index (χ1v) is 4.87. The quantitative estimate of drug-likeness (QED) is 0.708. The summed E-state index contributed by atoms with van der Waals surface area (Å²) in [6, 6.07) is 0. The highest BCUT2D eigenvalue weighted by Gasteiger charge is 2.02. The monoisotopic (exact) mass is 216 g/mol. The van der Waals surface area contributed by atoms with Crippen molar-refractivity contribution < 1.29 is 0 Å². The number of hydrogen-bond donors (Lipinski definition) is 0. The van der Waals surface area contributed by atoms with Gasteiger partial charge in [0.05, 0.1) is 12.0 Å². The average Bonchev–Trinajstić information content (AvgIpc) is 2.35. The van der Waals surface area contributed by atoms with Crippen molar-refractivity contribution in [1.29, 1.82) is 0 Å². The Morgan fingerprint density at radius 2 is 2.45 bits per heavy atom. The van der Waals surface area contributed by atoms with E-state index in [1.165, 1.54) is 5.69 Å². The van der Waals surface area contributed by atoms with Gasteiger partial charge in [-0.1, -0.05) is 22.9 Å². The van der Waals surface area contributed by atoms with E-state index in [1.807, 2.05) is 17.9 Å². The third-order valence-corrected chi connectivity index (χ3v) is 2.68. The summed E-state index contributed by atoms with van der Waals surface area (Å²) in [4.78, 5) is 4.25. The van der Waals surface area contributed by atoms with Crippen molar-refractivity contribution in [2.45, 2.75) is 13.3 Å². The highest BCUT2D eigenvalue weighted by atomic mass is 79.9. The largest absolute Gasteiger partial charge is 0.340 e. The van der Waals surface area contributed by atoms with Gasteiger partial charge in [-0.05, 0) is 12.3 Å². The number of rotatable bonds is 3. The summed E-state index contributed by atoms with van der Waals surface area (Å²) in [5.74, 6) is 0.671. The van der Waals surface area contributed by atoms with Crippen molar-refractivity contribution in [2.75, 3.05) is 5.33 Å². The molecule has 1 rings (SSSR count). The van der Waals surface area contributed by atoms with Crippen LogP contribution in [0.1, 0.15) is 12.6 Å². The minimum absolute atomic E-state index is 0.671. The summed E-state index contributed by atoms with van der Waals surface area (Å²) in [5, 5.41) is 1.05. The minimum atomic E-state index is 0.671. The molecular weight excluding hydrogens is 204 g/mol. The maximum atomic E-state index is 4.25. The second-order valence-electron chi connectivity index (χ2n) is 2.99. The van der Waals surface area contributed by atoms with E-state index in [-0.39, 0.29) is 0 Å². The number of imidazole rings is 1. The molecule has 1 unspecified atom stereocenters. The molecule has 62 valence electrons. The van der Waals surface area contributed by atoms with Crippen molar-refractivity contribution in [1.82, 2.24) is 9.55 Å². The summed E-state index contributed by atoms with van der Waals surface area (Å²) < 4.78 is 1.98. The molecular formula is C8H13BrN2. The van der Waals surface area contributed by atoms with E-state index in [9.17, 15) is 0 Å². The normalized spacial score (nSPS) is 13.4. The molecule has 1 aromatic heterocycles. The van der Waals surface area contributed by atoms with Crippen molar-refractivity contribution in [3.63, 3.8) is 0 Å². The van der Waals surface area contributed by atoms with Gasteiger partial charge in [-0.15, -0.1) is 0 Å². The fourth-order valence-corrected chi connectivity index (χ4v) is 1.21. The van der Waals surface area contributed by atoms with E-state index in [0.29, 0.717) is 5.92 Å². The van der Waals surface area contributed by atoms with Crippen molar-refractivity contribution in [2.24, 2.45) is 13.0 Å². The smallest absolute Gasteiger partial charge is 0.0946 e. The van der Waals surface area contributed by atoms with Gasteiger partial charge in [-0.2, -0.15) is 0 Å². The summed E-state index contributed by atoms with van der Waals surface area (Å²) in [5.41, 5.74) is 1.18. The molecule has 2 nitrogen and oxygen atoms in total. The van der Waals surface area contributed by atoms with E-state index in [1.54, 1.807) is 0 Å². The van der Waals surface area contributed by atoms with Crippen LogP contribution in [0.25, 0.3) is 0 Å². The fourth-order valence-electron chi connectivity index (χ4n) is 0.984. The van der Waals surface area contributed by atoms with Crippen LogP contribution >= 0.6 is 15.9 Å². The zero-order valence-electron chi connectivity index (χ0n) is 6.92. The molecule has 1 atom stereocenters. The van der Waals surface area contributed by atoms with Gasteiger partial charge in [-0.25, -0.2) is 4.98 Å². The second-order valence-corrected chi connectivity index (χ2v) is 3.64. The van der Waals surface area contributed by atoms with Gasteiger partial charge in [-0.3, -0.25) is 0 Å². The Hall–Kier alpha value is -0.310. The van der Waals surface area contributed by atoms with Gasteiger partial charge in [0.2, 0.25) is 0 Å². The Kier molecular flexibility index (Phi) is 3.12. The lowest BCUT2D eigenvalue weighted by atomic mass is 10.1. The molecule has 0 aliphatic carbocycles. The molecule has 0 aliphatic heterocycles. The van der Waals surface area contributed by atoms with E-state index in [4.69, 9.17) is 0 Å². The van der Waals surface area contributed by atoms with E-state index in [0.717, 1.165) is 11.8 Å². The van der Waals surface area contributed by atoms with Gasteiger partial charge in [0.25, 0.3) is 0 Å². The summed E-state index contributed by atoms with van der Waals surface area (Å²) >= 11 is 3.44. The van der Waals surface area contributed by atoms with Crippen LogP contribution in [0.15, 0.2) is 12.5 Å². The number of hydrogen-bond acceptors (Lipinski definition) is 1. The third kappa shape index (κ3) is 2.66. The number of aryl methyl sites for hydroxylation is 1. The van der Waals surface area contributed by atoms with E-state index < -0.39 is 0 Å². The molecule has 0 radical (unpaired) electrons. The number of alkyl halides is 1. The van der Waals surface area contributed by atoms with Crippen molar-refractivity contribution in [3.05, 3.63) is 18.2 Å². The molecule has 0 fully saturated rings. The van der Waals surface area contributed by atoms with Crippen LogP contribution in [0.3, 0.4) is 0 Å². The Balaban J connectivity index is 2.50. The molecule has 0 saturated heterocycles. The molecule has 0 spiro atoms. The molecule has 0 saturated carbocycles. The summed E-state index contributed by atoms with van der Waals surface area (Å²) in [7, 11) is 2.00. The SMILES string of the molecule is CC(CBr)Cc1cn(C)cn1. The maximum absolute atomic E-state index is 4.25. The lowest BCUT2D eigenvalue weighted by Gasteiger charge is -2.02. The first-order valence-electron chi connectivity index (χ1n) is 3.75. The molecule has 0 aliphatic rings. The van der Waals surface area contributed by atoms with E-state index in [2.05, 4.69) is 34.0 Å². The molecule has 0 N–H and O–H groups in total. The Bertz CT molecular complexity index is 220. The summed E-state index contributed by atoms with van der Waals surface area (Å²) in [6.07, 6.45) is 4.97. The Morgan fingerprint density at radius 1 is 1.73 bits per heavy atom. The zero-order valence-corrected chi connectivity index (χ0v) is 8.50. The van der Waals surface area contributed by atoms with Gasteiger partial charge in [0.1, 0.15) is 0 Å². The molecule has 0 bridgehead atoms. The maximum Gasteiger partial charge on any atom is 0.0946 e.